The number of quaternary nitrogens is 1. The number of ether oxygens (including phenoxy) is 1. The van der Waals surface area contributed by atoms with Gasteiger partial charge in [-0.1, -0.05) is 62.4 Å². The molecule has 5 nitrogen and oxygen atoms in total. The first-order chi connectivity index (χ1) is 20.8. The Morgan fingerprint density at radius 3 is 2.32 bits per heavy atom. The quantitative estimate of drug-likeness (QED) is 0.105. The molecule has 1 aliphatic rings. The first-order valence-electron chi connectivity index (χ1n) is 15.8. The molecule has 0 aliphatic carbocycles. The van der Waals surface area contributed by atoms with Crippen LogP contribution in [0.1, 0.15) is 45.1 Å². The van der Waals surface area contributed by atoms with Crippen molar-refractivity contribution in [1.82, 2.24) is 0 Å². The molecular formula is C37H48N4OSY+2. The van der Waals surface area contributed by atoms with E-state index in [-0.39, 0.29) is 32.7 Å². The Labute approximate surface area is 294 Å². The Kier molecular flexibility index (Phi) is 12.4. The van der Waals surface area contributed by atoms with E-state index in [2.05, 4.69) is 134 Å². The maximum Gasteiger partial charge on any atom is 0.282 e. The average molecular weight is 686 g/mol. The van der Waals surface area contributed by atoms with Crippen molar-refractivity contribution in [2.75, 3.05) is 64.2 Å². The van der Waals surface area contributed by atoms with E-state index in [0.717, 1.165) is 48.1 Å². The Balaban J connectivity index is 0.00000442. The Hall–Kier alpha value is -2.38. The summed E-state index contributed by atoms with van der Waals surface area (Å²) in [6.07, 6.45) is 7.05. The number of rotatable bonds is 13. The van der Waals surface area contributed by atoms with Crippen LogP contribution >= 0.6 is 11.8 Å². The van der Waals surface area contributed by atoms with Gasteiger partial charge in [-0.05, 0) is 60.9 Å². The minimum absolute atomic E-state index is 0. The number of fused-ring (bicyclic) bond motifs is 2. The number of pyridine rings is 1. The second-order valence-corrected chi connectivity index (χ2v) is 13.3. The first kappa shape index (κ1) is 34.5. The van der Waals surface area contributed by atoms with Crippen LogP contribution in [0.15, 0.2) is 88.8 Å². The molecule has 2 heterocycles. The van der Waals surface area contributed by atoms with Gasteiger partial charge in [-0.3, -0.25) is 4.90 Å². The van der Waals surface area contributed by atoms with E-state index in [0.29, 0.717) is 0 Å². The van der Waals surface area contributed by atoms with Crippen molar-refractivity contribution in [3.63, 3.8) is 0 Å². The third kappa shape index (κ3) is 7.88. The summed E-state index contributed by atoms with van der Waals surface area (Å²) in [5, 5.41) is 2.45. The van der Waals surface area contributed by atoms with Crippen molar-refractivity contribution in [3.8, 4) is 11.4 Å². The zero-order chi connectivity index (χ0) is 30.4. The summed E-state index contributed by atoms with van der Waals surface area (Å²) < 4.78 is 9.29. The molecule has 4 aromatic rings. The predicted octanol–water partition coefficient (Wildman–Crippen LogP) is 8.15. The molecule has 0 amide bonds. The molecule has 5 rings (SSSR count). The zero-order valence-electron chi connectivity index (χ0n) is 27.4. The van der Waals surface area contributed by atoms with Crippen molar-refractivity contribution < 1.29 is 46.5 Å². The molecule has 7 heteroatoms. The topological polar surface area (TPSA) is 19.6 Å². The summed E-state index contributed by atoms with van der Waals surface area (Å²) in [5.41, 5.74) is 4.81. The van der Waals surface area contributed by atoms with Crippen LogP contribution in [0.4, 0.5) is 11.5 Å². The fourth-order valence-corrected chi connectivity index (χ4v) is 7.25. The van der Waals surface area contributed by atoms with E-state index < -0.39 is 0 Å². The maximum atomic E-state index is 5.78. The van der Waals surface area contributed by atoms with Crippen LogP contribution in [0.3, 0.4) is 0 Å². The van der Waals surface area contributed by atoms with Crippen LogP contribution in [-0.4, -0.2) is 58.9 Å². The van der Waals surface area contributed by atoms with E-state index in [1.807, 2.05) is 11.8 Å². The number of benzene rings is 3. The van der Waals surface area contributed by atoms with Gasteiger partial charge >= 0.3 is 0 Å². The molecule has 3 aromatic carbocycles. The third-order valence-electron chi connectivity index (χ3n) is 8.46. The summed E-state index contributed by atoms with van der Waals surface area (Å²) in [5.74, 6) is 2.10. The molecule has 1 aliphatic heterocycles. The molecule has 0 N–H and O–H groups in total. The molecule has 1 radical (unpaired) electrons. The van der Waals surface area contributed by atoms with Gasteiger partial charge in [-0.25, -0.2) is 0 Å². The Morgan fingerprint density at radius 1 is 0.886 bits per heavy atom. The summed E-state index contributed by atoms with van der Waals surface area (Å²) in [7, 11) is 8.66. The van der Waals surface area contributed by atoms with E-state index in [9.17, 15) is 0 Å². The molecule has 0 fully saturated rings. The van der Waals surface area contributed by atoms with Crippen LogP contribution in [0.5, 0.6) is 5.75 Å². The number of aromatic nitrogens is 1. The zero-order valence-corrected chi connectivity index (χ0v) is 31.1. The van der Waals surface area contributed by atoms with Gasteiger partial charge in [0.15, 0.2) is 0 Å². The third-order valence-corrected chi connectivity index (χ3v) is 9.63. The molecule has 0 saturated carbocycles. The van der Waals surface area contributed by atoms with E-state index >= 15 is 0 Å². The van der Waals surface area contributed by atoms with E-state index in [4.69, 9.17) is 4.74 Å². The van der Waals surface area contributed by atoms with Crippen molar-refractivity contribution >= 4 is 40.2 Å². The van der Waals surface area contributed by atoms with Gasteiger partial charge in [0.05, 0.1) is 58.1 Å². The number of unbranched alkanes of at least 4 members (excludes halogenated alkanes) is 1. The summed E-state index contributed by atoms with van der Waals surface area (Å²) in [6.45, 7) is 8.99. The fraction of sp³-hybridized carbons (Fsp3) is 0.378. The smallest absolute Gasteiger partial charge is 0.282 e. The van der Waals surface area contributed by atoms with Crippen molar-refractivity contribution in [3.05, 3.63) is 89.5 Å². The van der Waals surface area contributed by atoms with Gasteiger partial charge in [0, 0.05) is 68.6 Å². The van der Waals surface area contributed by atoms with Gasteiger partial charge in [0.1, 0.15) is 17.0 Å². The molecule has 0 saturated heterocycles. The summed E-state index contributed by atoms with van der Waals surface area (Å²) >= 11 is 1.85. The van der Waals surface area contributed by atoms with Crippen LogP contribution in [0, 0.1) is 0 Å². The molecule has 0 spiro atoms. The summed E-state index contributed by atoms with van der Waals surface area (Å²) in [4.78, 5) is 6.24. The van der Waals surface area contributed by atoms with Crippen molar-refractivity contribution in [1.29, 1.82) is 0 Å². The number of hydrogen-bond donors (Lipinski definition) is 0. The molecular weight excluding hydrogens is 637 g/mol. The van der Waals surface area contributed by atoms with Crippen LogP contribution in [0.25, 0.3) is 22.7 Å². The predicted molar refractivity (Wildman–Crippen MR) is 185 cm³/mol. The van der Waals surface area contributed by atoms with Crippen LogP contribution in [0.2, 0.25) is 0 Å². The van der Waals surface area contributed by atoms with Crippen molar-refractivity contribution in [2.45, 2.75) is 44.4 Å². The van der Waals surface area contributed by atoms with Gasteiger partial charge in [0.2, 0.25) is 0 Å². The minimum atomic E-state index is 0. The molecule has 0 bridgehead atoms. The largest absolute Gasteiger partial charge is 0.497 e. The first-order valence-corrected chi connectivity index (χ1v) is 16.6. The van der Waals surface area contributed by atoms with Gasteiger partial charge in [-0.15, -0.1) is 0 Å². The molecule has 0 unspecified atom stereocenters. The number of hydrogen-bond acceptors (Lipinski definition) is 4. The standard InChI is InChI=1S/C37H48N4OS.Y/c1-7-9-22-39(23-15-25-41(4,5)24-8-2)36-26-29(27-37-38(3)33-18-13-14-19-35(33)43-37)32-21-20-31(42-6)28-34(32)40(36)30-16-11-10-12-17-30;/h10-14,16-21,26-28H,7-9,15,22-25H2,1-6H3;/q+2;. The van der Waals surface area contributed by atoms with Crippen LogP contribution < -0.4 is 19.1 Å². The Morgan fingerprint density at radius 2 is 1.61 bits per heavy atom. The number of methoxy groups -OCH3 is 1. The van der Waals surface area contributed by atoms with Crippen molar-refractivity contribution in [2.24, 2.45) is 0 Å². The molecule has 229 valence electrons. The van der Waals surface area contributed by atoms with Gasteiger partial charge in [0.25, 0.3) is 5.82 Å². The fourth-order valence-electron chi connectivity index (χ4n) is 6.15. The monoisotopic (exact) mass is 685 g/mol. The molecule has 44 heavy (non-hydrogen) atoms. The molecule has 0 atom stereocenters. The van der Waals surface area contributed by atoms with E-state index in [1.54, 1.807) is 7.11 Å². The normalized spacial score (nSPS) is 13.7. The Bertz CT molecular complexity index is 1570. The SMILES string of the molecule is CCCCN(CCC[N+](C)(C)CCC)c1cc(C=C2Sc3ccccc3N2C)c2ccc(OC)cc2[n+]1-c1ccccc1.[Y]. The second-order valence-electron chi connectivity index (χ2n) is 12.2. The molecule has 1 aromatic heterocycles. The second kappa shape index (κ2) is 15.8. The van der Waals surface area contributed by atoms with Crippen LogP contribution in [-0.2, 0) is 32.7 Å². The number of thioether (sulfide) groups is 1. The van der Waals surface area contributed by atoms with Gasteiger partial charge < -0.3 is 14.1 Å². The summed E-state index contributed by atoms with van der Waals surface area (Å²) in [6, 6.07) is 28.4. The number of nitrogens with zero attached hydrogens (tertiary/aromatic N) is 4. The average Bonchev–Trinajstić information content (AvgIpc) is 3.33. The minimum Gasteiger partial charge on any atom is -0.497 e. The number of para-hydroxylation sites is 2. The maximum absolute atomic E-state index is 5.78. The number of anilines is 2. The van der Waals surface area contributed by atoms with Gasteiger partial charge in [-0.2, -0.15) is 4.57 Å². The van der Waals surface area contributed by atoms with E-state index in [1.165, 1.54) is 57.6 Å².